The van der Waals surface area contributed by atoms with E-state index in [4.69, 9.17) is 4.74 Å². The fraction of sp³-hybridized carbons (Fsp3) is 0.320. The summed E-state index contributed by atoms with van der Waals surface area (Å²) >= 11 is 0. The number of hydrogen-bond acceptors (Lipinski definition) is 7. The zero-order chi connectivity index (χ0) is 24.9. The van der Waals surface area contributed by atoms with Gasteiger partial charge in [0.15, 0.2) is 0 Å². The first-order valence-corrected chi connectivity index (χ1v) is 11.4. The smallest absolute Gasteiger partial charge is 0.293 e. The number of carbonyl (C=O) groups is 3. The van der Waals surface area contributed by atoms with Crippen LogP contribution in [0.5, 0.6) is 5.75 Å². The number of imide groups is 1. The van der Waals surface area contributed by atoms with Crippen molar-refractivity contribution in [3.63, 3.8) is 0 Å². The van der Waals surface area contributed by atoms with E-state index in [9.17, 15) is 24.5 Å². The van der Waals surface area contributed by atoms with Gasteiger partial charge >= 0.3 is 0 Å². The van der Waals surface area contributed by atoms with E-state index in [2.05, 4.69) is 10.6 Å². The summed E-state index contributed by atoms with van der Waals surface area (Å²) in [6, 6.07) is 10.9. The van der Waals surface area contributed by atoms with Crippen molar-refractivity contribution in [2.75, 3.05) is 30.8 Å². The predicted octanol–water partition coefficient (Wildman–Crippen LogP) is 3.61. The lowest BCUT2D eigenvalue weighted by atomic mass is 9.85. The molecule has 10 heteroatoms. The van der Waals surface area contributed by atoms with Gasteiger partial charge in [-0.05, 0) is 55.7 Å². The van der Waals surface area contributed by atoms with Crippen LogP contribution in [0.4, 0.5) is 17.1 Å². The van der Waals surface area contributed by atoms with Crippen molar-refractivity contribution < 1.29 is 24.0 Å². The number of hydrogen-bond donors (Lipinski definition) is 2. The van der Waals surface area contributed by atoms with E-state index < -0.39 is 10.8 Å². The molecule has 1 saturated heterocycles. The van der Waals surface area contributed by atoms with E-state index in [0.717, 1.165) is 0 Å². The fourth-order valence-corrected chi connectivity index (χ4v) is 4.40. The number of methoxy groups -OCH3 is 1. The molecule has 0 unspecified atom stereocenters. The van der Waals surface area contributed by atoms with Crippen LogP contribution in [0.3, 0.4) is 0 Å². The Bertz CT molecular complexity index is 1150. The summed E-state index contributed by atoms with van der Waals surface area (Å²) in [6.07, 6.45) is 5.51. The summed E-state index contributed by atoms with van der Waals surface area (Å²) < 4.78 is 5.08. The van der Waals surface area contributed by atoms with Gasteiger partial charge in [-0.2, -0.15) is 0 Å². The number of nitro benzene ring substituents is 1. The van der Waals surface area contributed by atoms with Crippen LogP contribution in [0.2, 0.25) is 0 Å². The summed E-state index contributed by atoms with van der Waals surface area (Å²) in [5, 5.41) is 17.3. The van der Waals surface area contributed by atoms with Gasteiger partial charge in [-0.15, -0.1) is 0 Å². The van der Waals surface area contributed by atoms with Gasteiger partial charge in [0.1, 0.15) is 11.4 Å². The number of rotatable bonds is 9. The van der Waals surface area contributed by atoms with Crippen molar-refractivity contribution >= 4 is 34.8 Å². The van der Waals surface area contributed by atoms with E-state index in [1.54, 1.807) is 24.3 Å². The van der Waals surface area contributed by atoms with Crippen LogP contribution in [0.25, 0.3) is 0 Å². The maximum atomic E-state index is 12.6. The molecule has 1 fully saturated rings. The molecule has 10 nitrogen and oxygen atoms in total. The lowest BCUT2D eigenvalue weighted by Gasteiger charge is -2.15. The van der Waals surface area contributed by atoms with Gasteiger partial charge in [0.25, 0.3) is 11.6 Å². The number of allylic oxidation sites excluding steroid dienone is 2. The van der Waals surface area contributed by atoms with Crippen molar-refractivity contribution in [1.29, 1.82) is 0 Å². The number of amides is 3. The molecule has 2 atom stereocenters. The fourth-order valence-electron chi connectivity index (χ4n) is 4.40. The van der Waals surface area contributed by atoms with Crippen molar-refractivity contribution in [2.45, 2.75) is 19.3 Å². The van der Waals surface area contributed by atoms with E-state index in [1.807, 2.05) is 12.2 Å². The molecular weight excluding hydrogens is 452 g/mol. The molecule has 1 aliphatic heterocycles. The molecule has 0 aromatic heterocycles. The Labute approximate surface area is 202 Å². The van der Waals surface area contributed by atoms with Crippen LogP contribution >= 0.6 is 0 Å². The quantitative estimate of drug-likeness (QED) is 0.185. The minimum atomic E-state index is -0.558. The Kier molecular flexibility index (Phi) is 7.09. The SMILES string of the molecule is COc1ccc(NC(=O)c2ccc(NCCCN3C(=O)[C@@H]4CC=CC[C@H]4C3=O)c([N+](=O)[O-])c2)cc1. The highest BCUT2D eigenvalue weighted by Gasteiger charge is 2.46. The Hall–Kier alpha value is -4.21. The molecular formula is C25H26N4O6. The van der Waals surface area contributed by atoms with Gasteiger partial charge in [-0.1, -0.05) is 12.2 Å². The average Bonchev–Trinajstić information content (AvgIpc) is 3.11. The minimum Gasteiger partial charge on any atom is -0.497 e. The lowest BCUT2D eigenvalue weighted by molar-refractivity contribution is -0.384. The number of nitro groups is 1. The molecule has 1 aliphatic carbocycles. The average molecular weight is 479 g/mol. The lowest BCUT2D eigenvalue weighted by Crippen LogP contribution is -2.33. The molecule has 35 heavy (non-hydrogen) atoms. The molecule has 0 radical (unpaired) electrons. The van der Waals surface area contributed by atoms with Gasteiger partial charge in [-0.3, -0.25) is 29.4 Å². The van der Waals surface area contributed by atoms with Crippen LogP contribution in [0.1, 0.15) is 29.6 Å². The molecule has 182 valence electrons. The minimum absolute atomic E-state index is 0.137. The molecule has 0 spiro atoms. The highest BCUT2D eigenvalue weighted by molar-refractivity contribution is 6.06. The number of fused-ring (bicyclic) bond motifs is 1. The van der Waals surface area contributed by atoms with E-state index in [0.29, 0.717) is 37.2 Å². The van der Waals surface area contributed by atoms with Gasteiger partial charge in [0, 0.05) is 30.4 Å². The first-order valence-electron chi connectivity index (χ1n) is 11.4. The maximum Gasteiger partial charge on any atom is 0.293 e. The van der Waals surface area contributed by atoms with E-state index in [-0.39, 0.29) is 47.1 Å². The molecule has 0 bridgehead atoms. The molecule has 1 heterocycles. The topological polar surface area (TPSA) is 131 Å². The Balaban J connectivity index is 1.35. The predicted molar refractivity (Wildman–Crippen MR) is 129 cm³/mol. The molecule has 4 rings (SSSR count). The van der Waals surface area contributed by atoms with Crippen molar-refractivity contribution in [2.24, 2.45) is 11.8 Å². The molecule has 2 aliphatic rings. The normalized spacial score (nSPS) is 18.8. The highest BCUT2D eigenvalue weighted by atomic mass is 16.6. The summed E-state index contributed by atoms with van der Waals surface area (Å²) in [7, 11) is 1.54. The van der Waals surface area contributed by atoms with Gasteiger partial charge in [0.2, 0.25) is 11.8 Å². The van der Waals surface area contributed by atoms with Crippen LogP contribution in [-0.4, -0.2) is 47.7 Å². The van der Waals surface area contributed by atoms with Crippen LogP contribution < -0.4 is 15.4 Å². The van der Waals surface area contributed by atoms with Crippen LogP contribution in [0, 0.1) is 22.0 Å². The monoisotopic (exact) mass is 478 g/mol. The van der Waals surface area contributed by atoms with Gasteiger partial charge in [0.05, 0.1) is 23.9 Å². The Morgan fingerprint density at radius 2 is 1.74 bits per heavy atom. The molecule has 2 N–H and O–H groups in total. The first kappa shape index (κ1) is 23.9. The van der Waals surface area contributed by atoms with Crippen molar-refractivity contribution in [1.82, 2.24) is 4.90 Å². The van der Waals surface area contributed by atoms with Crippen LogP contribution in [-0.2, 0) is 9.59 Å². The number of nitrogens with one attached hydrogen (secondary N) is 2. The molecule has 2 aromatic carbocycles. The molecule has 3 amide bonds. The van der Waals surface area contributed by atoms with E-state index >= 15 is 0 Å². The second-order valence-corrected chi connectivity index (χ2v) is 8.44. The van der Waals surface area contributed by atoms with E-state index in [1.165, 1.54) is 30.2 Å². The maximum absolute atomic E-state index is 12.6. The summed E-state index contributed by atoms with van der Waals surface area (Å²) in [5.41, 5.74) is 0.690. The first-order chi connectivity index (χ1) is 16.9. The number of anilines is 2. The number of benzene rings is 2. The molecule has 2 aromatic rings. The molecule has 0 saturated carbocycles. The second-order valence-electron chi connectivity index (χ2n) is 8.44. The summed E-state index contributed by atoms with van der Waals surface area (Å²) in [5.74, 6) is -0.642. The Morgan fingerprint density at radius 3 is 2.34 bits per heavy atom. The zero-order valence-corrected chi connectivity index (χ0v) is 19.2. The largest absolute Gasteiger partial charge is 0.497 e. The summed E-state index contributed by atoms with van der Waals surface area (Å²) in [4.78, 5) is 50.0. The van der Waals surface area contributed by atoms with Gasteiger partial charge in [-0.25, -0.2) is 0 Å². The summed E-state index contributed by atoms with van der Waals surface area (Å²) in [6.45, 7) is 0.580. The standard InChI is InChI=1S/C25H26N4O6/c1-35-18-10-8-17(9-11-18)27-23(30)16-7-12-21(22(15-16)29(33)34)26-13-4-14-28-24(31)19-5-2-3-6-20(19)25(28)32/h2-3,7-12,15,19-20,26H,4-6,13-14H2,1H3,(H,27,30)/t19-,20-/m1/s1. The third-order valence-electron chi connectivity index (χ3n) is 6.28. The Morgan fingerprint density at radius 1 is 1.09 bits per heavy atom. The number of carbonyl (C=O) groups excluding carboxylic acids is 3. The number of likely N-dealkylation sites (tertiary alicyclic amines) is 1. The third kappa shape index (κ3) is 5.16. The zero-order valence-electron chi connectivity index (χ0n) is 19.2. The van der Waals surface area contributed by atoms with Crippen molar-refractivity contribution in [3.05, 3.63) is 70.3 Å². The number of nitrogens with zero attached hydrogens (tertiary/aromatic N) is 2. The third-order valence-corrected chi connectivity index (χ3v) is 6.28. The second kappa shape index (κ2) is 10.4. The highest BCUT2D eigenvalue weighted by Crippen LogP contribution is 2.35. The van der Waals surface area contributed by atoms with Gasteiger partial charge < -0.3 is 15.4 Å². The van der Waals surface area contributed by atoms with Crippen LogP contribution in [0.15, 0.2) is 54.6 Å². The van der Waals surface area contributed by atoms with Crippen molar-refractivity contribution in [3.8, 4) is 5.75 Å². The number of ether oxygens (including phenoxy) is 1.